The van der Waals surface area contributed by atoms with Gasteiger partial charge >= 0.3 is 0 Å². The lowest BCUT2D eigenvalue weighted by molar-refractivity contribution is 1.37. The lowest BCUT2D eigenvalue weighted by Gasteiger charge is -2.25. The fourth-order valence-corrected chi connectivity index (χ4v) is 5.43. The molecule has 0 saturated heterocycles. The summed E-state index contributed by atoms with van der Waals surface area (Å²) >= 11 is 0. The lowest BCUT2D eigenvalue weighted by atomic mass is 10.2. The highest BCUT2D eigenvalue weighted by Gasteiger charge is 2.21. The normalized spacial score (nSPS) is 11.0. The number of aryl methyl sites for hydroxylation is 2. The Labute approximate surface area is 142 Å². The van der Waals surface area contributed by atoms with E-state index in [-0.39, 0.29) is 0 Å². The predicted octanol–water partition coefficient (Wildman–Crippen LogP) is 5.77. The third kappa shape index (κ3) is 4.09. The maximum absolute atomic E-state index is 3.83. The molecule has 0 unspecified atom stereocenters. The van der Waals surface area contributed by atoms with Gasteiger partial charge in [0.25, 0.3) is 0 Å². The summed E-state index contributed by atoms with van der Waals surface area (Å²) in [7, 11) is -0.562. The van der Waals surface area contributed by atoms with Gasteiger partial charge in [-0.2, -0.15) is 0 Å². The molecule has 0 aliphatic carbocycles. The Kier molecular flexibility index (Phi) is 6.13. The van der Waals surface area contributed by atoms with Crippen LogP contribution >= 0.6 is 7.92 Å². The molecule has 0 N–H and O–H groups in total. The molecule has 0 saturated carbocycles. The molecule has 0 spiro atoms. The van der Waals surface area contributed by atoms with Gasteiger partial charge in [0.05, 0.1) is 0 Å². The van der Waals surface area contributed by atoms with Crippen LogP contribution in [0.3, 0.4) is 0 Å². The van der Waals surface area contributed by atoms with Crippen LogP contribution in [0.5, 0.6) is 0 Å². The molecule has 2 aromatic rings. The van der Waals surface area contributed by atoms with Gasteiger partial charge in [-0.15, -0.1) is 0 Å². The zero-order chi connectivity index (χ0) is 16.8. The van der Waals surface area contributed by atoms with Crippen LogP contribution in [-0.2, 0) is 0 Å². The van der Waals surface area contributed by atoms with Crippen molar-refractivity contribution < 1.29 is 0 Å². The molecule has 0 aliphatic heterocycles. The average Bonchev–Trinajstić information content (AvgIpc) is 2.53. The summed E-state index contributed by atoms with van der Waals surface area (Å²) in [5, 5.41) is 4.27. The number of benzene rings is 2. The van der Waals surface area contributed by atoms with E-state index in [1.807, 2.05) is 12.2 Å². The van der Waals surface area contributed by atoms with Crippen molar-refractivity contribution in [3.05, 3.63) is 95.4 Å². The molecular weight excluding hydrogens is 295 g/mol. The Morgan fingerprint density at radius 3 is 1.74 bits per heavy atom. The van der Waals surface area contributed by atoms with E-state index in [1.54, 1.807) is 0 Å². The Morgan fingerprint density at radius 2 is 1.35 bits per heavy atom. The Balaban J connectivity index is 2.73. The van der Waals surface area contributed by atoms with Crippen LogP contribution in [0, 0.1) is 13.8 Å². The van der Waals surface area contributed by atoms with Crippen molar-refractivity contribution in [2.24, 2.45) is 0 Å². The molecule has 0 aromatic heterocycles. The third-order valence-electron chi connectivity index (χ3n) is 3.86. The smallest absolute Gasteiger partial charge is 0.0122 e. The average molecular weight is 320 g/mol. The second kappa shape index (κ2) is 8.09. The molecular formula is C22H25P. The number of hydrogen-bond acceptors (Lipinski definition) is 0. The van der Waals surface area contributed by atoms with Gasteiger partial charge in [-0.25, -0.2) is 0 Å². The van der Waals surface area contributed by atoms with Crippen LogP contribution in [0.15, 0.2) is 84.2 Å². The van der Waals surface area contributed by atoms with Gasteiger partial charge in [-0.3, -0.25) is 0 Å². The molecule has 0 atom stereocenters. The molecule has 23 heavy (non-hydrogen) atoms. The van der Waals surface area contributed by atoms with E-state index in [9.17, 15) is 0 Å². The van der Waals surface area contributed by atoms with Crippen LogP contribution in [0.1, 0.15) is 25.0 Å². The first-order valence-corrected chi connectivity index (χ1v) is 9.28. The van der Waals surface area contributed by atoms with Crippen LogP contribution in [0.4, 0.5) is 0 Å². The maximum Gasteiger partial charge on any atom is -0.0122 e. The Morgan fingerprint density at radius 1 is 0.870 bits per heavy atom. The monoisotopic (exact) mass is 320 g/mol. The van der Waals surface area contributed by atoms with E-state index in [1.165, 1.54) is 32.6 Å². The van der Waals surface area contributed by atoms with Gasteiger partial charge in [-0.05, 0) is 62.7 Å². The highest BCUT2D eigenvalue weighted by Crippen LogP contribution is 2.46. The van der Waals surface area contributed by atoms with Gasteiger partial charge < -0.3 is 0 Å². The first kappa shape index (κ1) is 17.4. The van der Waals surface area contributed by atoms with Crippen molar-refractivity contribution in [1.29, 1.82) is 0 Å². The summed E-state index contributed by atoms with van der Waals surface area (Å²) in [6.07, 6.45) is 6.13. The van der Waals surface area contributed by atoms with Crippen molar-refractivity contribution in [1.82, 2.24) is 0 Å². The van der Waals surface area contributed by atoms with E-state index in [0.29, 0.717) is 0 Å². The quantitative estimate of drug-likeness (QED) is 0.484. The molecule has 2 rings (SSSR count). The van der Waals surface area contributed by atoms with Crippen molar-refractivity contribution in [3.63, 3.8) is 0 Å². The molecule has 0 fully saturated rings. The van der Waals surface area contributed by atoms with Crippen LogP contribution in [0.2, 0.25) is 0 Å². The Bertz CT molecular complexity index is 701. The van der Waals surface area contributed by atoms with Crippen molar-refractivity contribution >= 4 is 18.5 Å². The molecule has 0 bridgehead atoms. The number of allylic oxidation sites excluding steroid dienone is 5. The minimum atomic E-state index is -0.562. The Hall–Kier alpha value is -1.91. The summed E-state index contributed by atoms with van der Waals surface area (Å²) in [6.45, 7) is 12.7. The minimum absolute atomic E-state index is 0.562. The first-order chi connectivity index (χ1) is 11.1. The van der Waals surface area contributed by atoms with Gasteiger partial charge in [0.2, 0.25) is 0 Å². The summed E-state index contributed by atoms with van der Waals surface area (Å²) in [5.74, 6) is 0. The molecule has 2 aromatic carbocycles. The van der Waals surface area contributed by atoms with Gasteiger partial charge in [0.15, 0.2) is 0 Å². The summed E-state index contributed by atoms with van der Waals surface area (Å²) in [6, 6.07) is 17.5. The molecule has 0 nitrogen and oxygen atoms in total. The number of hydrogen-bond donors (Lipinski definition) is 0. The fraction of sp³-hybridized carbons (Fsp3) is 0.182. The molecule has 0 heterocycles. The zero-order valence-corrected chi connectivity index (χ0v) is 15.4. The maximum atomic E-state index is 3.83. The molecule has 0 amide bonds. The minimum Gasteiger partial charge on any atom is -0.0991 e. The van der Waals surface area contributed by atoms with Gasteiger partial charge in [0, 0.05) is 0 Å². The molecule has 0 aliphatic rings. The van der Waals surface area contributed by atoms with E-state index in [0.717, 1.165) is 0 Å². The molecule has 1 heteroatoms. The highest BCUT2D eigenvalue weighted by atomic mass is 31.1. The summed E-state index contributed by atoms with van der Waals surface area (Å²) in [4.78, 5) is 0. The van der Waals surface area contributed by atoms with Crippen LogP contribution in [-0.4, -0.2) is 0 Å². The van der Waals surface area contributed by atoms with Crippen molar-refractivity contribution in [2.45, 2.75) is 27.7 Å². The second-order valence-corrected chi connectivity index (χ2v) is 8.00. The van der Waals surface area contributed by atoms with E-state index < -0.39 is 7.92 Å². The van der Waals surface area contributed by atoms with Gasteiger partial charge in [0.1, 0.15) is 0 Å². The lowest BCUT2D eigenvalue weighted by Crippen LogP contribution is -2.17. The highest BCUT2D eigenvalue weighted by molar-refractivity contribution is 7.77. The predicted molar refractivity (Wildman–Crippen MR) is 106 cm³/mol. The topological polar surface area (TPSA) is 0 Å². The van der Waals surface area contributed by atoms with E-state index >= 15 is 0 Å². The van der Waals surface area contributed by atoms with Crippen LogP contribution < -0.4 is 10.6 Å². The third-order valence-corrected chi connectivity index (χ3v) is 6.90. The SMILES string of the molecule is C=C/C=C\C(=C(C)C)P(c1ccccc1C)c1ccccc1C. The zero-order valence-electron chi connectivity index (χ0n) is 14.5. The van der Waals surface area contributed by atoms with Crippen molar-refractivity contribution in [2.75, 3.05) is 0 Å². The van der Waals surface area contributed by atoms with Gasteiger partial charge in [-0.1, -0.05) is 78.9 Å². The number of rotatable bonds is 5. The fourth-order valence-electron chi connectivity index (χ4n) is 2.64. The van der Waals surface area contributed by atoms with Crippen molar-refractivity contribution in [3.8, 4) is 0 Å². The molecule has 118 valence electrons. The largest absolute Gasteiger partial charge is 0.0991 e. The van der Waals surface area contributed by atoms with Crippen LogP contribution in [0.25, 0.3) is 0 Å². The first-order valence-electron chi connectivity index (χ1n) is 7.94. The van der Waals surface area contributed by atoms with E-state index in [4.69, 9.17) is 0 Å². The second-order valence-electron chi connectivity index (χ2n) is 5.89. The van der Waals surface area contributed by atoms with E-state index in [2.05, 4.69) is 88.9 Å². The standard InChI is InChI=1S/C22H25P/c1-6-7-14-20(17(2)3)23(21-15-10-8-12-18(21)4)22-16-11-9-13-19(22)5/h6-16H,1H2,2-5H3/b14-7-. The summed E-state index contributed by atoms with van der Waals surface area (Å²) in [5.41, 5.74) is 4.07. The molecule has 0 radical (unpaired) electrons. The summed E-state index contributed by atoms with van der Waals surface area (Å²) < 4.78 is 0.